The average Bonchev–Trinajstić information content (AvgIpc) is 2.92. The van der Waals surface area contributed by atoms with Gasteiger partial charge in [-0.05, 0) is 12.1 Å². The van der Waals surface area contributed by atoms with Crippen LogP contribution in [-0.4, -0.2) is 10.8 Å². The number of hydrogen-bond donors (Lipinski definition) is 2. The van der Waals surface area contributed by atoms with Crippen molar-refractivity contribution in [3.63, 3.8) is 0 Å². The van der Waals surface area contributed by atoms with Gasteiger partial charge in [0, 0.05) is 17.4 Å². The molecule has 104 valence electrons. The number of carbonyl (C=O) groups is 1. The molecular formula is C12H11N3O4S. The third-order valence-electron chi connectivity index (χ3n) is 2.53. The monoisotopic (exact) mass is 293 g/mol. The number of hydrazine groups is 1. The summed E-state index contributed by atoms with van der Waals surface area (Å²) < 4.78 is 5.04. The van der Waals surface area contributed by atoms with E-state index in [1.54, 1.807) is 24.3 Å². The van der Waals surface area contributed by atoms with Crippen molar-refractivity contribution >= 4 is 23.4 Å². The molecule has 20 heavy (non-hydrogen) atoms. The van der Waals surface area contributed by atoms with E-state index in [-0.39, 0.29) is 11.4 Å². The van der Waals surface area contributed by atoms with Crippen LogP contribution in [0.5, 0.6) is 0 Å². The molecule has 1 heterocycles. The number of carbonyl (C=O) groups excluding carboxylic acids is 1. The highest BCUT2D eigenvalue weighted by Crippen LogP contribution is 2.32. The highest BCUT2D eigenvalue weighted by Gasteiger charge is 2.17. The lowest BCUT2D eigenvalue weighted by atomic mass is 10.3. The summed E-state index contributed by atoms with van der Waals surface area (Å²) in [6, 6.07) is 8.05. The van der Waals surface area contributed by atoms with Crippen LogP contribution in [-0.2, 0) is 5.75 Å². The van der Waals surface area contributed by atoms with Crippen LogP contribution in [0.3, 0.4) is 0 Å². The maximum atomic E-state index is 11.4. The molecule has 0 aliphatic heterocycles. The quantitative estimate of drug-likeness (QED) is 0.287. The Morgan fingerprint density at radius 3 is 2.85 bits per heavy atom. The lowest BCUT2D eigenvalue weighted by molar-refractivity contribution is -0.387. The Kier molecular flexibility index (Phi) is 4.38. The molecule has 0 aliphatic carbocycles. The van der Waals surface area contributed by atoms with Crippen molar-refractivity contribution in [3.05, 3.63) is 58.0 Å². The fourth-order valence-corrected chi connectivity index (χ4v) is 2.60. The topological polar surface area (TPSA) is 111 Å². The van der Waals surface area contributed by atoms with Crippen LogP contribution >= 0.6 is 11.8 Å². The summed E-state index contributed by atoms with van der Waals surface area (Å²) in [5.74, 6) is 4.99. The molecule has 0 aliphatic rings. The number of furan rings is 1. The van der Waals surface area contributed by atoms with Crippen LogP contribution in [0.4, 0.5) is 5.69 Å². The van der Waals surface area contributed by atoms with E-state index in [2.05, 4.69) is 0 Å². The molecule has 2 aromatic rings. The lowest BCUT2D eigenvalue weighted by Gasteiger charge is -2.03. The summed E-state index contributed by atoms with van der Waals surface area (Å²) in [5.41, 5.74) is 2.64. The van der Waals surface area contributed by atoms with Gasteiger partial charge >= 0.3 is 5.91 Å². The molecule has 0 atom stereocenters. The number of para-hydroxylation sites is 1. The molecule has 2 rings (SSSR count). The molecule has 0 fully saturated rings. The SMILES string of the molecule is NNC(=O)c1occc1CSc1ccccc1[N+](=O)[O-]. The first kappa shape index (κ1) is 14.1. The predicted molar refractivity (Wildman–Crippen MR) is 73.0 cm³/mol. The van der Waals surface area contributed by atoms with Crippen LogP contribution in [0.25, 0.3) is 0 Å². The van der Waals surface area contributed by atoms with E-state index in [0.29, 0.717) is 16.2 Å². The van der Waals surface area contributed by atoms with Crippen molar-refractivity contribution in [2.24, 2.45) is 5.84 Å². The molecular weight excluding hydrogens is 282 g/mol. The largest absolute Gasteiger partial charge is 0.459 e. The summed E-state index contributed by atoms with van der Waals surface area (Å²) in [4.78, 5) is 22.4. The zero-order valence-electron chi connectivity index (χ0n) is 10.2. The molecule has 7 nitrogen and oxygen atoms in total. The zero-order chi connectivity index (χ0) is 14.5. The van der Waals surface area contributed by atoms with Gasteiger partial charge in [0.1, 0.15) is 0 Å². The Labute approximate surface area is 118 Å². The number of thioether (sulfide) groups is 1. The molecule has 0 saturated heterocycles. The maximum Gasteiger partial charge on any atom is 0.301 e. The highest BCUT2D eigenvalue weighted by atomic mass is 32.2. The minimum absolute atomic E-state index is 0.0332. The van der Waals surface area contributed by atoms with E-state index in [1.165, 1.54) is 24.1 Å². The number of nitro groups is 1. The normalized spacial score (nSPS) is 10.2. The fraction of sp³-hybridized carbons (Fsp3) is 0.0833. The molecule has 1 amide bonds. The number of hydrogen-bond acceptors (Lipinski definition) is 6. The average molecular weight is 293 g/mol. The van der Waals surface area contributed by atoms with Crippen LogP contribution < -0.4 is 11.3 Å². The standard InChI is InChI=1S/C12H11N3O4S/c13-14-12(16)11-8(5-6-19-11)7-20-10-4-2-1-3-9(10)15(17)18/h1-6H,7,13H2,(H,14,16). The molecule has 8 heteroatoms. The van der Waals surface area contributed by atoms with Gasteiger partial charge in [-0.25, -0.2) is 5.84 Å². The van der Waals surface area contributed by atoms with E-state index in [1.807, 2.05) is 5.43 Å². The zero-order valence-corrected chi connectivity index (χ0v) is 11.1. The number of nitro benzene ring substituents is 1. The number of nitrogens with two attached hydrogens (primary N) is 1. The van der Waals surface area contributed by atoms with Gasteiger partial charge in [0.25, 0.3) is 5.69 Å². The van der Waals surface area contributed by atoms with Crippen molar-refractivity contribution < 1.29 is 14.1 Å². The summed E-state index contributed by atoms with van der Waals surface area (Å²) in [6.07, 6.45) is 1.37. The third kappa shape index (κ3) is 2.98. The van der Waals surface area contributed by atoms with Gasteiger partial charge < -0.3 is 4.42 Å². The van der Waals surface area contributed by atoms with E-state index in [9.17, 15) is 14.9 Å². The van der Waals surface area contributed by atoms with E-state index in [4.69, 9.17) is 10.3 Å². The smallest absolute Gasteiger partial charge is 0.301 e. The van der Waals surface area contributed by atoms with Crippen molar-refractivity contribution in [2.75, 3.05) is 0 Å². The Hall–Kier alpha value is -2.32. The highest BCUT2D eigenvalue weighted by molar-refractivity contribution is 7.98. The van der Waals surface area contributed by atoms with E-state index < -0.39 is 10.8 Å². The molecule has 0 saturated carbocycles. The Morgan fingerprint density at radius 2 is 2.15 bits per heavy atom. The minimum Gasteiger partial charge on any atom is -0.459 e. The van der Waals surface area contributed by atoms with E-state index >= 15 is 0 Å². The summed E-state index contributed by atoms with van der Waals surface area (Å²) in [6.45, 7) is 0. The lowest BCUT2D eigenvalue weighted by Crippen LogP contribution is -2.30. The molecule has 0 radical (unpaired) electrons. The molecule has 3 N–H and O–H groups in total. The Bertz CT molecular complexity index is 641. The molecule has 0 bridgehead atoms. The van der Waals surface area contributed by atoms with Crippen LogP contribution in [0.1, 0.15) is 16.1 Å². The first-order valence-corrected chi connectivity index (χ1v) is 6.55. The second-order valence-corrected chi connectivity index (χ2v) is 4.78. The van der Waals surface area contributed by atoms with Gasteiger partial charge in [-0.2, -0.15) is 0 Å². The first-order valence-electron chi connectivity index (χ1n) is 5.57. The minimum atomic E-state index is -0.534. The van der Waals surface area contributed by atoms with Gasteiger partial charge in [-0.3, -0.25) is 20.3 Å². The fourth-order valence-electron chi connectivity index (χ4n) is 1.60. The van der Waals surface area contributed by atoms with Gasteiger partial charge in [-0.15, -0.1) is 11.8 Å². The Balaban J connectivity index is 2.16. The number of amides is 1. The molecule has 1 aromatic carbocycles. The van der Waals surface area contributed by atoms with Crippen LogP contribution in [0, 0.1) is 10.1 Å². The second-order valence-electron chi connectivity index (χ2n) is 3.76. The van der Waals surface area contributed by atoms with Gasteiger partial charge in [0.05, 0.1) is 16.1 Å². The second kappa shape index (κ2) is 6.22. The van der Waals surface area contributed by atoms with Crippen molar-refractivity contribution in [1.29, 1.82) is 0 Å². The summed E-state index contributed by atoms with van der Waals surface area (Å²) in [7, 11) is 0. The molecule has 0 spiro atoms. The van der Waals surface area contributed by atoms with Gasteiger partial charge in [0.15, 0.2) is 5.76 Å². The Morgan fingerprint density at radius 1 is 1.40 bits per heavy atom. The maximum absolute atomic E-state index is 11.4. The summed E-state index contributed by atoms with van der Waals surface area (Å²) in [5, 5.41) is 10.9. The number of benzene rings is 1. The predicted octanol–water partition coefficient (Wildman–Crippen LogP) is 2.08. The van der Waals surface area contributed by atoms with Gasteiger partial charge in [0.2, 0.25) is 0 Å². The number of nitrogen functional groups attached to an aromatic ring is 1. The van der Waals surface area contributed by atoms with Crippen LogP contribution in [0.2, 0.25) is 0 Å². The number of nitrogens with zero attached hydrogens (tertiary/aromatic N) is 1. The van der Waals surface area contributed by atoms with Gasteiger partial charge in [-0.1, -0.05) is 12.1 Å². The summed E-state index contributed by atoms with van der Waals surface area (Å²) >= 11 is 1.25. The number of rotatable bonds is 5. The van der Waals surface area contributed by atoms with E-state index in [0.717, 1.165) is 0 Å². The van der Waals surface area contributed by atoms with Crippen molar-refractivity contribution in [2.45, 2.75) is 10.6 Å². The third-order valence-corrected chi connectivity index (χ3v) is 3.64. The molecule has 1 aromatic heterocycles. The number of nitrogens with one attached hydrogen (secondary N) is 1. The van der Waals surface area contributed by atoms with Crippen LogP contribution in [0.15, 0.2) is 45.9 Å². The van der Waals surface area contributed by atoms with Crippen molar-refractivity contribution in [3.8, 4) is 0 Å². The molecule has 0 unspecified atom stereocenters. The first-order chi connectivity index (χ1) is 9.63. The van der Waals surface area contributed by atoms with Crippen molar-refractivity contribution in [1.82, 2.24) is 5.43 Å².